The van der Waals surface area contributed by atoms with Crippen molar-refractivity contribution in [2.24, 2.45) is 5.92 Å². The fourth-order valence-electron chi connectivity index (χ4n) is 2.32. The van der Waals surface area contributed by atoms with Crippen molar-refractivity contribution in [3.63, 3.8) is 0 Å². The number of benzene rings is 1. The van der Waals surface area contributed by atoms with Crippen LogP contribution in [0.5, 0.6) is 0 Å². The largest absolute Gasteiger partial charge is 0.481 e. The third kappa shape index (κ3) is 2.64. The molecule has 5 heteroatoms. The molecule has 0 aromatic heterocycles. The Morgan fingerprint density at radius 2 is 2.00 bits per heavy atom. The number of nitrogens with one attached hydrogen (secondary N) is 1. The zero-order chi connectivity index (χ0) is 13.1. The van der Waals surface area contributed by atoms with E-state index in [4.69, 9.17) is 16.7 Å². The van der Waals surface area contributed by atoms with Gasteiger partial charge in [-0.1, -0.05) is 30.2 Å². The van der Waals surface area contributed by atoms with Gasteiger partial charge in [-0.3, -0.25) is 9.59 Å². The molecule has 0 aliphatic heterocycles. The van der Waals surface area contributed by atoms with Crippen LogP contribution in [0.25, 0.3) is 0 Å². The van der Waals surface area contributed by atoms with Crippen molar-refractivity contribution in [1.82, 2.24) is 5.32 Å². The van der Waals surface area contributed by atoms with Gasteiger partial charge in [0, 0.05) is 6.04 Å². The lowest BCUT2D eigenvalue weighted by Crippen LogP contribution is -2.40. The first kappa shape index (κ1) is 12.9. The highest BCUT2D eigenvalue weighted by atomic mass is 35.5. The third-order valence-electron chi connectivity index (χ3n) is 3.27. The molecule has 0 spiro atoms. The summed E-state index contributed by atoms with van der Waals surface area (Å²) in [6.07, 6.45) is 2.14. The summed E-state index contributed by atoms with van der Waals surface area (Å²) in [5.41, 5.74) is 0.384. The second-order valence-electron chi connectivity index (χ2n) is 4.44. The van der Waals surface area contributed by atoms with Crippen molar-refractivity contribution in [1.29, 1.82) is 0 Å². The first-order valence-electron chi connectivity index (χ1n) is 5.88. The van der Waals surface area contributed by atoms with Gasteiger partial charge in [0.15, 0.2) is 0 Å². The van der Waals surface area contributed by atoms with Crippen LogP contribution in [-0.4, -0.2) is 23.0 Å². The number of rotatable bonds is 3. The van der Waals surface area contributed by atoms with E-state index in [1.165, 1.54) is 0 Å². The van der Waals surface area contributed by atoms with E-state index < -0.39 is 11.9 Å². The number of amides is 1. The van der Waals surface area contributed by atoms with Crippen LogP contribution in [0, 0.1) is 5.92 Å². The predicted octanol–water partition coefficient (Wildman–Crippen LogP) is 2.32. The molecular formula is C13H14ClNO3. The fourth-order valence-corrected chi connectivity index (χ4v) is 2.54. The zero-order valence-corrected chi connectivity index (χ0v) is 10.5. The van der Waals surface area contributed by atoms with Crippen molar-refractivity contribution in [3.8, 4) is 0 Å². The molecule has 0 bridgehead atoms. The highest BCUT2D eigenvalue weighted by Gasteiger charge is 2.34. The highest BCUT2D eigenvalue weighted by Crippen LogP contribution is 2.26. The second kappa shape index (κ2) is 5.40. The lowest BCUT2D eigenvalue weighted by atomic mass is 10.0. The number of halogens is 1. The maximum absolute atomic E-state index is 12.0. The number of carboxylic acid groups (broad SMARTS) is 1. The van der Waals surface area contributed by atoms with Gasteiger partial charge in [-0.25, -0.2) is 0 Å². The SMILES string of the molecule is O=C(NC1CCCC1C(=O)O)c1ccccc1Cl. The Bertz CT molecular complexity index is 475. The number of carboxylic acids is 1. The molecule has 0 radical (unpaired) electrons. The van der Waals surface area contributed by atoms with E-state index in [1.54, 1.807) is 24.3 Å². The summed E-state index contributed by atoms with van der Waals surface area (Å²) in [4.78, 5) is 23.0. The van der Waals surface area contributed by atoms with Gasteiger partial charge in [0.2, 0.25) is 0 Å². The van der Waals surface area contributed by atoms with Crippen LogP contribution in [-0.2, 0) is 4.79 Å². The van der Waals surface area contributed by atoms with Crippen LogP contribution >= 0.6 is 11.6 Å². The summed E-state index contributed by atoms with van der Waals surface area (Å²) in [6.45, 7) is 0. The molecule has 1 aliphatic carbocycles. The molecule has 2 rings (SSSR count). The van der Waals surface area contributed by atoms with Gasteiger partial charge in [0.1, 0.15) is 0 Å². The van der Waals surface area contributed by atoms with Gasteiger partial charge in [0.25, 0.3) is 5.91 Å². The van der Waals surface area contributed by atoms with Gasteiger partial charge in [0.05, 0.1) is 16.5 Å². The lowest BCUT2D eigenvalue weighted by Gasteiger charge is -2.17. The van der Waals surface area contributed by atoms with Crippen molar-refractivity contribution < 1.29 is 14.7 Å². The second-order valence-corrected chi connectivity index (χ2v) is 4.84. The van der Waals surface area contributed by atoms with Crippen LogP contribution in [0.2, 0.25) is 5.02 Å². The van der Waals surface area contributed by atoms with Crippen molar-refractivity contribution >= 4 is 23.5 Å². The van der Waals surface area contributed by atoms with Gasteiger partial charge in [-0.15, -0.1) is 0 Å². The molecule has 96 valence electrons. The average Bonchev–Trinajstić information content (AvgIpc) is 2.77. The van der Waals surface area contributed by atoms with Crippen molar-refractivity contribution in [3.05, 3.63) is 34.9 Å². The molecule has 1 fully saturated rings. The standard InChI is InChI=1S/C13H14ClNO3/c14-10-6-2-1-4-8(10)12(16)15-11-7-3-5-9(11)13(17)18/h1-2,4,6,9,11H,3,5,7H2,(H,15,16)(H,17,18). The predicted molar refractivity (Wildman–Crippen MR) is 67.7 cm³/mol. The summed E-state index contributed by atoms with van der Waals surface area (Å²) in [6, 6.07) is 6.44. The molecule has 1 aliphatic rings. The maximum Gasteiger partial charge on any atom is 0.308 e. The molecule has 18 heavy (non-hydrogen) atoms. The Morgan fingerprint density at radius 1 is 1.28 bits per heavy atom. The first-order valence-corrected chi connectivity index (χ1v) is 6.25. The first-order chi connectivity index (χ1) is 8.59. The summed E-state index contributed by atoms with van der Waals surface area (Å²) in [5.74, 6) is -1.65. The van der Waals surface area contributed by atoms with Gasteiger partial charge in [-0.05, 0) is 25.0 Å². The van der Waals surface area contributed by atoms with Gasteiger partial charge in [-0.2, -0.15) is 0 Å². The van der Waals surface area contributed by atoms with Crippen LogP contribution < -0.4 is 5.32 Å². The number of aliphatic carboxylic acids is 1. The monoisotopic (exact) mass is 267 g/mol. The van der Waals surface area contributed by atoms with E-state index in [-0.39, 0.29) is 11.9 Å². The fraction of sp³-hybridized carbons (Fsp3) is 0.385. The molecule has 4 nitrogen and oxygen atoms in total. The van der Waals surface area contributed by atoms with Gasteiger partial charge < -0.3 is 10.4 Å². The Hall–Kier alpha value is -1.55. The summed E-state index contributed by atoms with van der Waals surface area (Å²) >= 11 is 5.93. The molecule has 1 aromatic carbocycles. The number of hydrogen-bond donors (Lipinski definition) is 2. The van der Waals surface area contributed by atoms with E-state index in [0.717, 1.165) is 6.42 Å². The van der Waals surface area contributed by atoms with E-state index in [0.29, 0.717) is 23.4 Å². The Morgan fingerprint density at radius 3 is 2.67 bits per heavy atom. The molecular weight excluding hydrogens is 254 g/mol. The molecule has 2 unspecified atom stereocenters. The smallest absolute Gasteiger partial charge is 0.308 e. The van der Waals surface area contributed by atoms with Gasteiger partial charge >= 0.3 is 5.97 Å². The summed E-state index contributed by atoms with van der Waals surface area (Å²) < 4.78 is 0. The minimum absolute atomic E-state index is 0.300. The Labute approximate surface area is 110 Å². The normalized spacial score (nSPS) is 22.7. The molecule has 1 saturated carbocycles. The molecule has 1 aromatic rings. The van der Waals surface area contributed by atoms with E-state index >= 15 is 0 Å². The number of carbonyl (C=O) groups excluding carboxylic acids is 1. The lowest BCUT2D eigenvalue weighted by molar-refractivity contribution is -0.142. The molecule has 0 saturated heterocycles. The van der Waals surface area contributed by atoms with E-state index in [2.05, 4.69) is 5.32 Å². The molecule has 0 heterocycles. The van der Waals surface area contributed by atoms with E-state index in [9.17, 15) is 9.59 Å². The Balaban J connectivity index is 2.08. The zero-order valence-electron chi connectivity index (χ0n) is 9.73. The topological polar surface area (TPSA) is 66.4 Å². The quantitative estimate of drug-likeness (QED) is 0.883. The molecule has 2 atom stereocenters. The summed E-state index contributed by atoms with van der Waals surface area (Å²) in [7, 11) is 0. The maximum atomic E-state index is 12.0. The average molecular weight is 268 g/mol. The molecule has 1 amide bonds. The van der Waals surface area contributed by atoms with Crippen LogP contribution in [0.3, 0.4) is 0 Å². The third-order valence-corrected chi connectivity index (χ3v) is 3.60. The molecule has 2 N–H and O–H groups in total. The van der Waals surface area contributed by atoms with Crippen molar-refractivity contribution in [2.45, 2.75) is 25.3 Å². The van der Waals surface area contributed by atoms with Crippen molar-refractivity contribution in [2.75, 3.05) is 0 Å². The van der Waals surface area contributed by atoms with Crippen LogP contribution in [0.1, 0.15) is 29.6 Å². The van der Waals surface area contributed by atoms with Crippen LogP contribution in [0.15, 0.2) is 24.3 Å². The van der Waals surface area contributed by atoms with E-state index in [1.807, 2.05) is 0 Å². The highest BCUT2D eigenvalue weighted by molar-refractivity contribution is 6.33. The van der Waals surface area contributed by atoms with Crippen LogP contribution in [0.4, 0.5) is 0 Å². The summed E-state index contributed by atoms with van der Waals surface area (Å²) in [5, 5.41) is 12.2. The minimum atomic E-state index is -0.850. The number of hydrogen-bond acceptors (Lipinski definition) is 2. The minimum Gasteiger partial charge on any atom is -0.481 e. The number of carbonyl (C=O) groups is 2. The Kier molecular flexibility index (Phi) is 3.87.